The second-order valence-corrected chi connectivity index (χ2v) is 6.42. The number of hydrogen-bond acceptors (Lipinski definition) is 2. The number of hydrogen-bond donors (Lipinski definition) is 1. The lowest BCUT2D eigenvalue weighted by molar-refractivity contribution is -0.225. The molecule has 0 radical (unpaired) electrons. The minimum Gasteiger partial charge on any atom is -0.478 e. The molecular weight excluding hydrogens is 314 g/mol. The molecule has 2 atom stereocenters. The Morgan fingerprint density at radius 1 is 1.33 bits per heavy atom. The van der Waals surface area contributed by atoms with E-state index < -0.39 is 18.0 Å². The number of halogens is 2. The van der Waals surface area contributed by atoms with Crippen molar-refractivity contribution < 1.29 is 23.4 Å². The van der Waals surface area contributed by atoms with Gasteiger partial charge in [-0.2, -0.15) is 8.78 Å². The third-order valence-electron chi connectivity index (χ3n) is 4.51. The van der Waals surface area contributed by atoms with Crippen LogP contribution in [0.4, 0.5) is 8.78 Å². The maximum absolute atomic E-state index is 14.4. The van der Waals surface area contributed by atoms with Crippen LogP contribution in [0.5, 0.6) is 5.75 Å². The maximum atomic E-state index is 14.4. The molecule has 0 amide bonds. The van der Waals surface area contributed by atoms with Gasteiger partial charge in [-0.05, 0) is 42.5 Å². The third kappa shape index (κ3) is 5.32. The van der Waals surface area contributed by atoms with E-state index in [2.05, 4.69) is 6.92 Å². The Labute approximate surface area is 141 Å². The van der Waals surface area contributed by atoms with Crippen LogP contribution in [0.1, 0.15) is 51.0 Å². The second-order valence-electron chi connectivity index (χ2n) is 6.42. The molecule has 24 heavy (non-hydrogen) atoms. The van der Waals surface area contributed by atoms with Crippen molar-refractivity contribution >= 4 is 12.0 Å². The van der Waals surface area contributed by atoms with Crippen molar-refractivity contribution in [2.24, 2.45) is 11.8 Å². The number of carbonyl (C=O) groups is 1. The van der Waals surface area contributed by atoms with Crippen LogP contribution in [0.25, 0.3) is 6.08 Å². The Kier molecular flexibility index (Phi) is 6.35. The first-order chi connectivity index (χ1) is 11.4. The van der Waals surface area contributed by atoms with E-state index in [1.54, 1.807) is 12.1 Å². The summed E-state index contributed by atoms with van der Waals surface area (Å²) in [5.74, 6) is -1.33. The number of alkyl halides is 2. The molecule has 0 saturated heterocycles. The predicted octanol–water partition coefficient (Wildman–Crippen LogP) is 5.36. The molecule has 1 aromatic carbocycles. The van der Waals surface area contributed by atoms with Crippen molar-refractivity contribution in [3.05, 3.63) is 35.9 Å². The molecule has 1 fully saturated rings. The van der Waals surface area contributed by atoms with Crippen LogP contribution >= 0.6 is 0 Å². The molecule has 1 aromatic rings. The maximum Gasteiger partial charge on any atom is 0.400 e. The predicted molar refractivity (Wildman–Crippen MR) is 89.0 cm³/mol. The lowest BCUT2D eigenvalue weighted by Gasteiger charge is -2.33. The van der Waals surface area contributed by atoms with E-state index in [9.17, 15) is 13.6 Å². The zero-order valence-corrected chi connectivity index (χ0v) is 13.9. The summed E-state index contributed by atoms with van der Waals surface area (Å²) >= 11 is 0. The molecule has 1 aliphatic rings. The van der Waals surface area contributed by atoms with Gasteiger partial charge in [0.2, 0.25) is 0 Å². The average Bonchev–Trinajstić information content (AvgIpc) is 2.54. The first-order valence-electron chi connectivity index (χ1n) is 8.48. The summed E-state index contributed by atoms with van der Waals surface area (Å²) in [4.78, 5) is 10.5. The topological polar surface area (TPSA) is 46.5 Å². The molecule has 0 spiro atoms. The van der Waals surface area contributed by atoms with Gasteiger partial charge in [0.25, 0.3) is 0 Å². The fourth-order valence-corrected chi connectivity index (χ4v) is 3.32. The molecule has 132 valence electrons. The van der Waals surface area contributed by atoms with Crippen LogP contribution in [-0.2, 0) is 4.79 Å². The van der Waals surface area contributed by atoms with Crippen LogP contribution in [0.15, 0.2) is 30.3 Å². The first-order valence-corrected chi connectivity index (χ1v) is 8.48. The second kappa shape index (κ2) is 8.27. The number of carboxylic acid groups (broad SMARTS) is 1. The largest absolute Gasteiger partial charge is 0.478 e. The van der Waals surface area contributed by atoms with Gasteiger partial charge in [-0.15, -0.1) is 0 Å². The fraction of sp³-hybridized carbons (Fsp3) is 0.526. The van der Waals surface area contributed by atoms with E-state index in [0.717, 1.165) is 31.8 Å². The molecule has 0 aliphatic heterocycles. The summed E-state index contributed by atoms with van der Waals surface area (Å²) < 4.78 is 33.9. The van der Waals surface area contributed by atoms with Gasteiger partial charge < -0.3 is 9.84 Å². The van der Waals surface area contributed by atoms with Crippen molar-refractivity contribution in [3.8, 4) is 5.75 Å². The molecular formula is C19H24F2O3. The van der Waals surface area contributed by atoms with E-state index in [0.29, 0.717) is 24.3 Å². The highest BCUT2D eigenvalue weighted by molar-refractivity contribution is 5.85. The monoisotopic (exact) mass is 338 g/mol. The van der Waals surface area contributed by atoms with Crippen LogP contribution in [0.3, 0.4) is 0 Å². The fourth-order valence-electron chi connectivity index (χ4n) is 3.32. The molecule has 5 heteroatoms. The quantitative estimate of drug-likeness (QED) is 0.681. The van der Waals surface area contributed by atoms with Gasteiger partial charge in [0.05, 0.1) is 5.92 Å². The standard InChI is InChI=1S/C19H24F2O3/c1-2-4-15-5-3-6-16(13-15)19(20,21)24-17-10-7-14(8-11-17)9-12-18(22)23/h7-12,15-16H,2-6,13H2,1H3,(H,22,23). The van der Waals surface area contributed by atoms with Crippen LogP contribution in [-0.4, -0.2) is 17.2 Å². The van der Waals surface area contributed by atoms with Crippen molar-refractivity contribution in [2.45, 2.75) is 51.6 Å². The smallest absolute Gasteiger partial charge is 0.400 e. The number of rotatable bonds is 7. The summed E-state index contributed by atoms with van der Waals surface area (Å²) in [5.41, 5.74) is 0.619. The molecule has 2 unspecified atom stereocenters. The van der Waals surface area contributed by atoms with Crippen molar-refractivity contribution in [3.63, 3.8) is 0 Å². The molecule has 0 bridgehead atoms. The van der Waals surface area contributed by atoms with Crippen molar-refractivity contribution in [1.29, 1.82) is 0 Å². The molecule has 0 heterocycles. The van der Waals surface area contributed by atoms with E-state index in [1.807, 2.05) is 0 Å². The SMILES string of the molecule is CCCC1CCCC(C(F)(F)Oc2ccc(C=CC(=O)O)cc2)C1. The molecule has 1 N–H and O–H groups in total. The minimum atomic E-state index is -3.18. The van der Waals surface area contributed by atoms with E-state index in [-0.39, 0.29) is 5.75 Å². The minimum absolute atomic E-state index is 0.102. The first kappa shape index (κ1) is 18.4. The Morgan fingerprint density at radius 2 is 2.04 bits per heavy atom. The van der Waals surface area contributed by atoms with E-state index in [1.165, 1.54) is 18.2 Å². The summed E-state index contributed by atoms with van der Waals surface area (Å²) in [6.07, 6.45) is 4.11. The Balaban J connectivity index is 1.99. The van der Waals surface area contributed by atoms with E-state index >= 15 is 0 Å². The van der Waals surface area contributed by atoms with Gasteiger partial charge >= 0.3 is 12.1 Å². The van der Waals surface area contributed by atoms with Crippen LogP contribution in [0.2, 0.25) is 0 Å². The number of carboxylic acids is 1. The zero-order valence-electron chi connectivity index (χ0n) is 13.9. The highest BCUT2D eigenvalue weighted by Gasteiger charge is 2.44. The summed E-state index contributed by atoms with van der Waals surface area (Å²) in [6.45, 7) is 2.08. The Bertz CT molecular complexity index is 564. The number of aliphatic carboxylic acids is 1. The Morgan fingerprint density at radius 3 is 2.67 bits per heavy atom. The van der Waals surface area contributed by atoms with Gasteiger partial charge in [-0.1, -0.05) is 44.7 Å². The molecule has 0 aromatic heterocycles. The van der Waals surface area contributed by atoms with Gasteiger partial charge in [0.1, 0.15) is 5.75 Å². The van der Waals surface area contributed by atoms with Crippen molar-refractivity contribution in [1.82, 2.24) is 0 Å². The molecule has 2 rings (SSSR count). The zero-order chi connectivity index (χ0) is 17.6. The normalized spacial score (nSPS) is 21.8. The van der Waals surface area contributed by atoms with Gasteiger partial charge in [0.15, 0.2) is 0 Å². The molecule has 3 nitrogen and oxygen atoms in total. The molecule has 1 saturated carbocycles. The highest BCUT2D eigenvalue weighted by atomic mass is 19.3. The van der Waals surface area contributed by atoms with Gasteiger partial charge in [-0.25, -0.2) is 4.79 Å². The number of ether oxygens (including phenoxy) is 1. The summed E-state index contributed by atoms with van der Waals surface area (Å²) in [6, 6.07) is 6.01. The van der Waals surface area contributed by atoms with E-state index in [4.69, 9.17) is 9.84 Å². The summed E-state index contributed by atoms with van der Waals surface area (Å²) in [7, 11) is 0. The lowest BCUT2D eigenvalue weighted by atomic mass is 9.79. The van der Waals surface area contributed by atoms with Crippen LogP contribution in [0, 0.1) is 11.8 Å². The van der Waals surface area contributed by atoms with Gasteiger partial charge in [-0.3, -0.25) is 0 Å². The number of benzene rings is 1. The highest BCUT2D eigenvalue weighted by Crippen LogP contribution is 2.41. The lowest BCUT2D eigenvalue weighted by Crippen LogP contribution is -2.37. The van der Waals surface area contributed by atoms with Gasteiger partial charge in [0, 0.05) is 6.08 Å². The molecule has 1 aliphatic carbocycles. The van der Waals surface area contributed by atoms with Crippen molar-refractivity contribution in [2.75, 3.05) is 0 Å². The van der Waals surface area contributed by atoms with Crippen LogP contribution < -0.4 is 4.74 Å². The summed E-state index contributed by atoms with van der Waals surface area (Å²) in [5, 5.41) is 8.58. The average molecular weight is 338 g/mol. The third-order valence-corrected chi connectivity index (χ3v) is 4.51. The Hall–Kier alpha value is -1.91.